The lowest BCUT2D eigenvalue weighted by atomic mass is 10.1. The van der Waals surface area contributed by atoms with Crippen LogP contribution >= 0.6 is 0 Å². The third kappa shape index (κ3) is 5.90. The van der Waals surface area contributed by atoms with Crippen LogP contribution in [0.5, 0.6) is 0 Å². The number of carboxylic acid groups (broad SMARTS) is 1. The lowest BCUT2D eigenvalue weighted by Gasteiger charge is -2.14. The van der Waals surface area contributed by atoms with E-state index in [2.05, 4.69) is 24.3 Å². The third-order valence-electron chi connectivity index (χ3n) is 3.72. The maximum atomic E-state index is 12.3. The number of carbonyl (C=O) groups excluding carboxylic acids is 1. The molecule has 1 aromatic rings. The van der Waals surface area contributed by atoms with Gasteiger partial charge in [0.25, 0.3) is 0 Å². The minimum Gasteiger partial charge on any atom is -0.480 e. The van der Waals surface area contributed by atoms with Crippen LogP contribution in [-0.4, -0.2) is 39.2 Å². The fraction of sp³-hybridized carbons (Fsp3) is 0.688. The zero-order chi connectivity index (χ0) is 18.4. The summed E-state index contributed by atoms with van der Waals surface area (Å²) in [6, 6.07) is -1.57. The summed E-state index contributed by atoms with van der Waals surface area (Å²) in [5.41, 5.74) is 2.73. The van der Waals surface area contributed by atoms with Crippen molar-refractivity contribution in [3.8, 4) is 0 Å². The fourth-order valence-corrected chi connectivity index (χ4v) is 2.52. The van der Waals surface area contributed by atoms with Crippen molar-refractivity contribution in [3.63, 3.8) is 0 Å². The van der Waals surface area contributed by atoms with E-state index in [1.807, 2.05) is 18.5 Å². The van der Waals surface area contributed by atoms with E-state index < -0.39 is 30.8 Å². The maximum Gasteiger partial charge on any atom is 0.326 e. The van der Waals surface area contributed by atoms with E-state index in [9.17, 15) is 18.4 Å². The van der Waals surface area contributed by atoms with Gasteiger partial charge in [0.15, 0.2) is 0 Å². The van der Waals surface area contributed by atoms with Crippen molar-refractivity contribution in [2.75, 3.05) is 0 Å². The van der Waals surface area contributed by atoms with Crippen molar-refractivity contribution < 1.29 is 23.5 Å². The van der Waals surface area contributed by atoms with Gasteiger partial charge in [-0.15, -0.1) is 0 Å². The second-order valence-corrected chi connectivity index (χ2v) is 6.31. The SMILES string of the molecule is Cc1nn(CC(C)C)c(C)c1CCC(=O)NC(CC(F)F)C(=O)O. The summed E-state index contributed by atoms with van der Waals surface area (Å²) in [4.78, 5) is 22.8. The number of carbonyl (C=O) groups is 2. The quantitative estimate of drug-likeness (QED) is 0.719. The Hall–Kier alpha value is -1.99. The number of nitrogens with zero attached hydrogens (tertiary/aromatic N) is 2. The second-order valence-electron chi connectivity index (χ2n) is 6.31. The molecule has 1 heterocycles. The summed E-state index contributed by atoms with van der Waals surface area (Å²) in [5, 5.41) is 15.5. The van der Waals surface area contributed by atoms with Gasteiger partial charge in [0.2, 0.25) is 12.3 Å². The summed E-state index contributed by atoms with van der Waals surface area (Å²) in [6.45, 7) is 8.71. The number of carboxylic acids is 1. The Labute approximate surface area is 140 Å². The van der Waals surface area contributed by atoms with Crippen molar-refractivity contribution >= 4 is 11.9 Å². The molecule has 0 radical (unpaired) electrons. The zero-order valence-corrected chi connectivity index (χ0v) is 14.5. The van der Waals surface area contributed by atoms with Crippen molar-refractivity contribution in [1.82, 2.24) is 15.1 Å². The Morgan fingerprint density at radius 3 is 2.42 bits per heavy atom. The number of aliphatic carboxylic acids is 1. The molecule has 0 aromatic carbocycles. The van der Waals surface area contributed by atoms with E-state index in [1.54, 1.807) is 0 Å². The molecular formula is C16H25F2N3O3. The summed E-state index contributed by atoms with van der Waals surface area (Å²) in [6.07, 6.45) is -3.26. The molecule has 1 rings (SSSR count). The van der Waals surface area contributed by atoms with Crippen LogP contribution in [0.4, 0.5) is 8.78 Å². The molecule has 8 heteroatoms. The monoisotopic (exact) mass is 345 g/mol. The molecule has 2 N–H and O–H groups in total. The summed E-state index contributed by atoms with van der Waals surface area (Å²) < 4.78 is 26.6. The minimum absolute atomic E-state index is 0.0298. The van der Waals surface area contributed by atoms with Crippen molar-refractivity contribution in [1.29, 1.82) is 0 Å². The molecule has 1 aromatic heterocycles. The van der Waals surface area contributed by atoms with Crippen LogP contribution in [0.25, 0.3) is 0 Å². The third-order valence-corrected chi connectivity index (χ3v) is 3.72. The second kappa shape index (κ2) is 8.75. The van der Waals surface area contributed by atoms with Gasteiger partial charge in [0.05, 0.1) is 5.69 Å². The molecule has 0 bridgehead atoms. The highest BCUT2D eigenvalue weighted by molar-refractivity contribution is 5.83. The predicted octanol–water partition coefficient (Wildman–Crippen LogP) is 2.31. The molecule has 1 unspecified atom stereocenters. The number of rotatable bonds is 9. The van der Waals surface area contributed by atoms with Gasteiger partial charge in [-0.1, -0.05) is 13.8 Å². The molecule has 0 aliphatic heterocycles. The Kier molecular flexibility index (Phi) is 7.31. The number of aromatic nitrogens is 2. The molecule has 6 nitrogen and oxygen atoms in total. The number of halogens is 2. The highest BCUT2D eigenvalue weighted by Crippen LogP contribution is 2.16. The first kappa shape index (κ1) is 20.1. The molecule has 0 fully saturated rings. The highest BCUT2D eigenvalue weighted by atomic mass is 19.3. The molecule has 1 atom stereocenters. The van der Waals surface area contributed by atoms with Crippen LogP contribution < -0.4 is 5.32 Å². The molecule has 24 heavy (non-hydrogen) atoms. The van der Waals surface area contributed by atoms with E-state index >= 15 is 0 Å². The van der Waals surface area contributed by atoms with Crippen LogP contribution in [0.15, 0.2) is 0 Å². The first-order chi connectivity index (χ1) is 11.1. The highest BCUT2D eigenvalue weighted by Gasteiger charge is 2.24. The Morgan fingerprint density at radius 2 is 1.92 bits per heavy atom. The van der Waals surface area contributed by atoms with E-state index in [-0.39, 0.29) is 6.42 Å². The van der Waals surface area contributed by atoms with Gasteiger partial charge in [-0.05, 0) is 31.7 Å². The number of amides is 1. The molecule has 0 saturated heterocycles. The minimum atomic E-state index is -2.79. The molecule has 136 valence electrons. The van der Waals surface area contributed by atoms with E-state index in [0.29, 0.717) is 12.3 Å². The Morgan fingerprint density at radius 1 is 1.29 bits per heavy atom. The predicted molar refractivity (Wildman–Crippen MR) is 85.0 cm³/mol. The van der Waals surface area contributed by atoms with Crippen LogP contribution in [0, 0.1) is 19.8 Å². The summed E-state index contributed by atoms with van der Waals surface area (Å²) in [7, 11) is 0. The summed E-state index contributed by atoms with van der Waals surface area (Å²) >= 11 is 0. The van der Waals surface area contributed by atoms with E-state index in [4.69, 9.17) is 5.11 Å². The van der Waals surface area contributed by atoms with Crippen molar-refractivity contribution in [2.24, 2.45) is 5.92 Å². The first-order valence-corrected chi connectivity index (χ1v) is 7.95. The van der Waals surface area contributed by atoms with Gasteiger partial charge in [0.1, 0.15) is 6.04 Å². The van der Waals surface area contributed by atoms with Crippen LogP contribution in [0.1, 0.15) is 43.6 Å². The molecule has 0 aliphatic rings. The van der Waals surface area contributed by atoms with Gasteiger partial charge in [-0.2, -0.15) is 5.10 Å². The number of alkyl halides is 2. The normalized spacial score (nSPS) is 12.7. The van der Waals surface area contributed by atoms with Gasteiger partial charge in [-0.25, -0.2) is 13.6 Å². The average Bonchev–Trinajstić information content (AvgIpc) is 2.69. The lowest BCUT2D eigenvalue weighted by molar-refractivity contribution is -0.143. The average molecular weight is 345 g/mol. The van der Waals surface area contributed by atoms with Crippen molar-refractivity contribution in [2.45, 2.75) is 66.0 Å². The maximum absolute atomic E-state index is 12.3. The van der Waals surface area contributed by atoms with Crippen LogP contribution in [0.2, 0.25) is 0 Å². The fourth-order valence-electron chi connectivity index (χ4n) is 2.52. The van der Waals surface area contributed by atoms with Crippen LogP contribution in [0.3, 0.4) is 0 Å². The summed E-state index contributed by atoms with van der Waals surface area (Å²) in [5.74, 6) is -1.58. The Balaban J connectivity index is 2.67. The number of hydrogen-bond donors (Lipinski definition) is 2. The van der Waals surface area contributed by atoms with Crippen LogP contribution in [-0.2, 0) is 22.6 Å². The Bertz CT molecular complexity index is 585. The van der Waals surface area contributed by atoms with Crippen molar-refractivity contribution in [3.05, 3.63) is 17.0 Å². The molecule has 1 amide bonds. The molecule has 0 aliphatic carbocycles. The van der Waals surface area contributed by atoms with Gasteiger partial charge in [0, 0.05) is 25.1 Å². The largest absolute Gasteiger partial charge is 0.480 e. The van der Waals surface area contributed by atoms with Gasteiger partial charge in [-0.3, -0.25) is 9.48 Å². The van der Waals surface area contributed by atoms with E-state index in [0.717, 1.165) is 23.5 Å². The standard InChI is InChI=1S/C16H25F2N3O3/c1-9(2)8-21-11(4)12(10(3)20-21)5-6-15(22)19-13(16(23)24)7-14(17)18/h9,13-14H,5-8H2,1-4H3,(H,19,22)(H,23,24). The number of hydrogen-bond acceptors (Lipinski definition) is 3. The molecule has 0 spiro atoms. The van der Waals surface area contributed by atoms with E-state index in [1.165, 1.54) is 0 Å². The van der Waals surface area contributed by atoms with Gasteiger partial charge < -0.3 is 10.4 Å². The molecule has 0 saturated carbocycles. The topological polar surface area (TPSA) is 84.2 Å². The zero-order valence-electron chi connectivity index (χ0n) is 14.5. The smallest absolute Gasteiger partial charge is 0.326 e. The first-order valence-electron chi connectivity index (χ1n) is 7.95. The number of aryl methyl sites for hydroxylation is 1. The number of nitrogens with one attached hydrogen (secondary N) is 1. The molecular weight excluding hydrogens is 320 g/mol. The van der Waals surface area contributed by atoms with Gasteiger partial charge >= 0.3 is 5.97 Å². The lowest BCUT2D eigenvalue weighted by Crippen LogP contribution is -2.42.